The van der Waals surface area contributed by atoms with Crippen molar-refractivity contribution in [2.75, 3.05) is 32.1 Å². The van der Waals surface area contributed by atoms with Crippen molar-refractivity contribution in [2.24, 2.45) is 0 Å². The predicted molar refractivity (Wildman–Crippen MR) is 80.7 cm³/mol. The molecule has 2 N–H and O–H groups in total. The second-order valence-electron chi connectivity index (χ2n) is 4.75. The first-order chi connectivity index (χ1) is 10.0. The third kappa shape index (κ3) is 4.71. The van der Waals surface area contributed by atoms with Crippen molar-refractivity contribution in [1.29, 1.82) is 0 Å². The van der Waals surface area contributed by atoms with Crippen molar-refractivity contribution < 1.29 is 14.8 Å². The van der Waals surface area contributed by atoms with E-state index in [0.29, 0.717) is 24.2 Å². The average Bonchev–Trinajstić information content (AvgIpc) is 2.49. The molecule has 0 aromatic heterocycles. The van der Waals surface area contributed by atoms with Gasteiger partial charge in [0.25, 0.3) is 11.6 Å². The maximum Gasteiger partial charge on any atom is 0.292 e. The first-order valence-electron chi connectivity index (χ1n) is 6.83. The average molecular weight is 295 g/mol. The number of benzene rings is 1. The predicted octanol–water partition coefficient (Wildman–Crippen LogP) is 1.55. The maximum atomic E-state index is 11.6. The highest BCUT2D eigenvalue weighted by atomic mass is 16.6. The van der Waals surface area contributed by atoms with Crippen molar-refractivity contribution in [1.82, 2.24) is 5.32 Å². The minimum atomic E-state index is -0.451. The Balaban J connectivity index is 2.94. The molecule has 0 aliphatic heterocycles. The van der Waals surface area contributed by atoms with Crippen molar-refractivity contribution in [3.8, 4) is 0 Å². The van der Waals surface area contributed by atoms with E-state index in [9.17, 15) is 14.9 Å². The van der Waals surface area contributed by atoms with Gasteiger partial charge in [-0.3, -0.25) is 14.9 Å². The molecule has 0 bridgehead atoms. The molecule has 0 aliphatic carbocycles. The van der Waals surface area contributed by atoms with Crippen molar-refractivity contribution in [3.63, 3.8) is 0 Å². The number of nitro groups is 1. The molecule has 0 saturated heterocycles. The normalized spacial score (nSPS) is 10.2. The van der Waals surface area contributed by atoms with Crippen LogP contribution >= 0.6 is 0 Å². The topological polar surface area (TPSA) is 95.7 Å². The molecule has 0 radical (unpaired) electrons. The second kappa shape index (κ2) is 8.21. The first kappa shape index (κ1) is 16.9. The molecule has 7 nitrogen and oxygen atoms in total. The fraction of sp³-hybridized carbons (Fsp3) is 0.500. The molecule has 0 aliphatic rings. The maximum absolute atomic E-state index is 11.6. The van der Waals surface area contributed by atoms with Gasteiger partial charge in [0.05, 0.1) is 4.92 Å². The van der Waals surface area contributed by atoms with Crippen LogP contribution in [0.5, 0.6) is 0 Å². The molecule has 21 heavy (non-hydrogen) atoms. The summed E-state index contributed by atoms with van der Waals surface area (Å²) in [6.07, 6.45) is 2.39. The van der Waals surface area contributed by atoms with Crippen molar-refractivity contribution >= 4 is 17.3 Å². The van der Waals surface area contributed by atoms with E-state index in [-0.39, 0.29) is 18.2 Å². The van der Waals surface area contributed by atoms with E-state index in [1.165, 1.54) is 25.2 Å². The highest BCUT2D eigenvalue weighted by Gasteiger charge is 2.19. The molecule has 0 heterocycles. The Morgan fingerprint density at radius 1 is 1.38 bits per heavy atom. The van der Waals surface area contributed by atoms with Gasteiger partial charge in [-0.2, -0.15) is 0 Å². The Morgan fingerprint density at radius 2 is 2.10 bits per heavy atom. The van der Waals surface area contributed by atoms with Gasteiger partial charge in [0.15, 0.2) is 0 Å². The molecule has 1 aromatic carbocycles. The number of nitrogens with one attached hydrogen (secondary N) is 1. The molecular formula is C14H21N3O4. The molecule has 116 valence electrons. The van der Waals surface area contributed by atoms with E-state index in [1.54, 1.807) is 11.9 Å². The summed E-state index contributed by atoms with van der Waals surface area (Å²) in [5, 5.41) is 22.3. The lowest BCUT2D eigenvalue weighted by Crippen LogP contribution is -2.22. The quantitative estimate of drug-likeness (QED) is 0.431. The summed E-state index contributed by atoms with van der Waals surface area (Å²) in [7, 11) is 3.27. The second-order valence-corrected chi connectivity index (χ2v) is 4.75. The lowest BCUT2D eigenvalue weighted by atomic mass is 10.1. The SMILES string of the molecule is CNC(=O)c1ccc([N+](=O)[O-])c(N(C)CCCCCO)c1. The highest BCUT2D eigenvalue weighted by Crippen LogP contribution is 2.28. The van der Waals surface area contributed by atoms with Crippen molar-refractivity contribution in [3.05, 3.63) is 33.9 Å². The Bertz CT molecular complexity index is 505. The van der Waals surface area contributed by atoms with Gasteiger partial charge < -0.3 is 15.3 Å². The third-order valence-corrected chi connectivity index (χ3v) is 3.22. The largest absolute Gasteiger partial charge is 0.396 e. The number of hydrogen-bond acceptors (Lipinski definition) is 5. The molecule has 0 saturated carbocycles. The molecule has 1 amide bonds. The minimum Gasteiger partial charge on any atom is -0.396 e. The molecular weight excluding hydrogens is 274 g/mol. The molecule has 1 aromatic rings. The van der Waals surface area contributed by atoms with Crippen LogP contribution in [-0.2, 0) is 0 Å². The number of nitro benzene ring substituents is 1. The van der Waals surface area contributed by atoms with Gasteiger partial charge >= 0.3 is 0 Å². The Labute approximate surface area is 123 Å². The Hall–Kier alpha value is -2.15. The van der Waals surface area contributed by atoms with E-state index >= 15 is 0 Å². The van der Waals surface area contributed by atoms with Gasteiger partial charge in [-0.15, -0.1) is 0 Å². The zero-order valence-corrected chi connectivity index (χ0v) is 12.3. The summed E-state index contributed by atoms with van der Waals surface area (Å²) in [6, 6.07) is 4.33. The number of hydrogen-bond donors (Lipinski definition) is 2. The summed E-state index contributed by atoms with van der Waals surface area (Å²) in [6.45, 7) is 0.772. The molecule has 0 unspecified atom stereocenters. The first-order valence-corrected chi connectivity index (χ1v) is 6.83. The number of nitrogens with zero attached hydrogens (tertiary/aromatic N) is 2. The standard InChI is InChI=1S/C14H21N3O4/c1-15-14(19)11-6-7-12(17(20)21)13(10-11)16(2)8-4-3-5-9-18/h6-7,10,18H,3-5,8-9H2,1-2H3,(H,15,19). The van der Waals surface area contributed by atoms with E-state index in [4.69, 9.17) is 5.11 Å². The highest BCUT2D eigenvalue weighted by molar-refractivity contribution is 5.95. The van der Waals surface area contributed by atoms with E-state index in [0.717, 1.165) is 12.8 Å². The Kier molecular flexibility index (Phi) is 6.61. The summed E-state index contributed by atoms with van der Waals surface area (Å²) < 4.78 is 0. The van der Waals surface area contributed by atoms with Crippen LogP contribution in [0.2, 0.25) is 0 Å². The van der Waals surface area contributed by atoms with Gasteiger partial charge in [0.2, 0.25) is 0 Å². The van der Waals surface area contributed by atoms with E-state index in [1.807, 2.05) is 0 Å². The zero-order valence-electron chi connectivity index (χ0n) is 12.3. The van der Waals surface area contributed by atoms with Crippen LogP contribution in [0.4, 0.5) is 11.4 Å². The number of aliphatic hydroxyl groups is 1. The zero-order chi connectivity index (χ0) is 15.8. The van der Waals surface area contributed by atoms with Gasteiger partial charge in [-0.1, -0.05) is 0 Å². The van der Waals surface area contributed by atoms with Crippen LogP contribution in [0.3, 0.4) is 0 Å². The van der Waals surface area contributed by atoms with Crippen LogP contribution in [0.1, 0.15) is 29.6 Å². The van der Waals surface area contributed by atoms with Crippen LogP contribution in [0, 0.1) is 10.1 Å². The van der Waals surface area contributed by atoms with Crippen LogP contribution in [0.15, 0.2) is 18.2 Å². The van der Waals surface area contributed by atoms with Gasteiger partial charge in [-0.25, -0.2) is 0 Å². The van der Waals surface area contributed by atoms with Gasteiger partial charge in [0.1, 0.15) is 5.69 Å². The van der Waals surface area contributed by atoms with Crippen LogP contribution < -0.4 is 10.2 Å². The number of carbonyl (C=O) groups is 1. The molecule has 0 atom stereocenters. The Morgan fingerprint density at radius 3 is 2.67 bits per heavy atom. The summed E-state index contributed by atoms with van der Waals surface area (Å²) in [5.41, 5.74) is 0.790. The molecule has 1 rings (SSSR count). The molecule has 0 fully saturated rings. The smallest absolute Gasteiger partial charge is 0.292 e. The van der Waals surface area contributed by atoms with Gasteiger partial charge in [0, 0.05) is 38.9 Å². The third-order valence-electron chi connectivity index (χ3n) is 3.22. The summed E-state index contributed by atoms with van der Waals surface area (Å²) in [5.74, 6) is -0.278. The number of unbranched alkanes of at least 4 members (excludes halogenated alkanes) is 2. The van der Waals surface area contributed by atoms with Crippen LogP contribution in [-0.4, -0.2) is 43.2 Å². The van der Waals surface area contributed by atoms with E-state index in [2.05, 4.69) is 5.32 Å². The molecule has 0 spiro atoms. The van der Waals surface area contributed by atoms with E-state index < -0.39 is 4.92 Å². The fourth-order valence-electron chi connectivity index (χ4n) is 2.03. The monoisotopic (exact) mass is 295 g/mol. The number of anilines is 1. The molecule has 7 heteroatoms. The van der Waals surface area contributed by atoms with Crippen LogP contribution in [0.25, 0.3) is 0 Å². The lowest BCUT2D eigenvalue weighted by molar-refractivity contribution is -0.384. The fourth-order valence-corrected chi connectivity index (χ4v) is 2.03. The summed E-state index contributed by atoms with van der Waals surface area (Å²) in [4.78, 5) is 24.1. The van der Waals surface area contributed by atoms with Crippen molar-refractivity contribution in [2.45, 2.75) is 19.3 Å². The summed E-state index contributed by atoms with van der Waals surface area (Å²) >= 11 is 0. The number of aliphatic hydroxyl groups excluding tert-OH is 1. The van der Waals surface area contributed by atoms with Gasteiger partial charge in [-0.05, 0) is 31.4 Å². The number of carbonyl (C=O) groups excluding carboxylic acids is 1. The number of amides is 1. The lowest BCUT2D eigenvalue weighted by Gasteiger charge is -2.19. The number of rotatable bonds is 8. The minimum absolute atomic E-state index is 0.0210.